The number of aliphatic hydroxyl groups is 1. The van der Waals surface area contributed by atoms with Crippen LogP contribution in [0.5, 0.6) is 0 Å². The Labute approximate surface area is 134 Å². The minimum absolute atomic E-state index is 0.0824. The van der Waals surface area contributed by atoms with E-state index in [0.717, 1.165) is 18.4 Å². The molecule has 2 atom stereocenters. The smallest absolute Gasteiger partial charge is 0.314 e. The van der Waals surface area contributed by atoms with Crippen LogP contribution < -0.4 is 0 Å². The fourth-order valence-corrected chi connectivity index (χ4v) is 3.42. The molecule has 1 aliphatic heterocycles. The molecule has 1 amide bonds. The molecule has 23 heavy (non-hydrogen) atoms. The molecule has 1 saturated heterocycles. The monoisotopic (exact) mass is 321 g/mol. The van der Waals surface area contributed by atoms with Crippen molar-refractivity contribution in [2.45, 2.75) is 45.3 Å². The molecule has 3 rings (SSSR count). The number of carbonyl (C=O) groups is 2. The second-order valence-electron chi connectivity index (χ2n) is 6.94. The summed E-state index contributed by atoms with van der Waals surface area (Å²) in [5.41, 5.74) is -0.254. The molecule has 1 aromatic rings. The van der Waals surface area contributed by atoms with E-state index < -0.39 is 17.5 Å². The number of hydrogen-bond acceptors (Lipinski definition) is 4. The number of rotatable bonds is 5. The molecule has 0 unspecified atom stereocenters. The van der Waals surface area contributed by atoms with Gasteiger partial charge in [0.25, 0.3) is 0 Å². The zero-order valence-corrected chi connectivity index (χ0v) is 13.3. The van der Waals surface area contributed by atoms with E-state index in [1.807, 2.05) is 6.92 Å². The van der Waals surface area contributed by atoms with E-state index >= 15 is 0 Å². The molecule has 0 radical (unpaired) electrons. The van der Waals surface area contributed by atoms with Crippen molar-refractivity contribution in [2.75, 3.05) is 13.1 Å². The average molecular weight is 321 g/mol. The van der Waals surface area contributed by atoms with Crippen molar-refractivity contribution in [3.05, 3.63) is 18.0 Å². The van der Waals surface area contributed by atoms with Gasteiger partial charge in [0.2, 0.25) is 5.91 Å². The summed E-state index contributed by atoms with van der Waals surface area (Å²) in [6, 6.07) is 0. The number of nitrogens with zero attached hydrogens (tertiary/aromatic N) is 3. The third-order valence-corrected chi connectivity index (χ3v) is 4.97. The van der Waals surface area contributed by atoms with Gasteiger partial charge in [0.05, 0.1) is 12.3 Å². The SMILES string of the molecule is Cc1cnn(CC(=O)N2CC[C@@H](O)[C@](CC3CC3)(C(=O)O)C2)c1. The van der Waals surface area contributed by atoms with Crippen molar-refractivity contribution < 1.29 is 19.8 Å². The Morgan fingerprint density at radius 1 is 1.39 bits per heavy atom. The minimum Gasteiger partial charge on any atom is -0.481 e. The number of hydrogen-bond donors (Lipinski definition) is 2. The van der Waals surface area contributed by atoms with Gasteiger partial charge in [0, 0.05) is 19.3 Å². The number of piperidine rings is 1. The highest BCUT2D eigenvalue weighted by Gasteiger charge is 2.52. The Balaban J connectivity index is 1.72. The van der Waals surface area contributed by atoms with Crippen molar-refractivity contribution in [1.82, 2.24) is 14.7 Å². The third-order valence-electron chi connectivity index (χ3n) is 4.97. The van der Waals surface area contributed by atoms with Crippen LogP contribution in [0.1, 0.15) is 31.2 Å². The van der Waals surface area contributed by atoms with Gasteiger partial charge in [0.15, 0.2) is 0 Å². The van der Waals surface area contributed by atoms with Crippen LogP contribution in [0.3, 0.4) is 0 Å². The lowest BCUT2D eigenvalue weighted by Crippen LogP contribution is -2.57. The van der Waals surface area contributed by atoms with Crippen LogP contribution in [0.2, 0.25) is 0 Å². The number of carboxylic acids is 1. The first-order chi connectivity index (χ1) is 10.9. The highest BCUT2D eigenvalue weighted by atomic mass is 16.4. The Morgan fingerprint density at radius 2 is 2.13 bits per heavy atom. The molecule has 126 valence electrons. The van der Waals surface area contributed by atoms with Gasteiger partial charge in [-0.25, -0.2) is 0 Å². The fraction of sp³-hybridized carbons (Fsp3) is 0.688. The van der Waals surface area contributed by atoms with Crippen molar-refractivity contribution in [1.29, 1.82) is 0 Å². The molecule has 2 N–H and O–H groups in total. The first-order valence-corrected chi connectivity index (χ1v) is 8.09. The van der Waals surface area contributed by atoms with E-state index in [2.05, 4.69) is 5.10 Å². The number of aliphatic carboxylic acids is 1. The largest absolute Gasteiger partial charge is 0.481 e. The summed E-state index contributed by atoms with van der Waals surface area (Å²) in [5, 5.41) is 24.1. The second kappa shape index (κ2) is 5.96. The standard InChI is InChI=1S/C16H23N3O4/c1-11-7-17-19(8-11)9-14(21)18-5-4-13(20)16(10-18,15(22)23)6-12-2-3-12/h7-8,12-13,20H,2-6,9-10H2,1H3,(H,22,23)/t13-,16-/m1/s1. The number of carboxylic acid groups (broad SMARTS) is 1. The fourth-order valence-electron chi connectivity index (χ4n) is 3.42. The van der Waals surface area contributed by atoms with Gasteiger partial charge in [0.1, 0.15) is 12.0 Å². The molecule has 1 aromatic heterocycles. The Kier molecular flexibility index (Phi) is 4.14. The average Bonchev–Trinajstić information content (AvgIpc) is 3.22. The molecule has 2 fully saturated rings. The maximum atomic E-state index is 12.5. The second-order valence-corrected chi connectivity index (χ2v) is 6.94. The number of carbonyl (C=O) groups excluding carboxylic acids is 1. The summed E-state index contributed by atoms with van der Waals surface area (Å²) in [6.07, 6.45) is 5.37. The van der Waals surface area contributed by atoms with E-state index in [4.69, 9.17) is 0 Å². The molecular weight excluding hydrogens is 298 g/mol. The summed E-state index contributed by atoms with van der Waals surface area (Å²) in [7, 11) is 0. The van der Waals surface area contributed by atoms with Gasteiger partial charge < -0.3 is 15.1 Å². The molecule has 0 aromatic carbocycles. The summed E-state index contributed by atoms with van der Waals surface area (Å²) in [5.74, 6) is -0.782. The molecule has 0 spiro atoms. The summed E-state index contributed by atoms with van der Waals surface area (Å²) in [6.45, 7) is 2.47. The van der Waals surface area contributed by atoms with E-state index in [0.29, 0.717) is 25.3 Å². The first kappa shape index (κ1) is 16.0. The molecule has 1 aliphatic carbocycles. The number of aryl methyl sites for hydroxylation is 1. The van der Waals surface area contributed by atoms with Crippen LogP contribution in [0.25, 0.3) is 0 Å². The van der Waals surface area contributed by atoms with Gasteiger partial charge in [-0.1, -0.05) is 12.8 Å². The number of likely N-dealkylation sites (tertiary alicyclic amines) is 1. The third kappa shape index (κ3) is 3.24. The zero-order valence-electron chi connectivity index (χ0n) is 13.3. The van der Waals surface area contributed by atoms with Crippen molar-refractivity contribution in [2.24, 2.45) is 11.3 Å². The summed E-state index contributed by atoms with van der Waals surface area (Å²) in [4.78, 5) is 25.9. The summed E-state index contributed by atoms with van der Waals surface area (Å²) < 4.78 is 1.56. The first-order valence-electron chi connectivity index (χ1n) is 8.09. The molecule has 7 nitrogen and oxygen atoms in total. The lowest BCUT2D eigenvalue weighted by molar-refractivity contribution is -0.167. The molecular formula is C16H23N3O4. The van der Waals surface area contributed by atoms with Crippen LogP contribution in [0.4, 0.5) is 0 Å². The van der Waals surface area contributed by atoms with Gasteiger partial charge >= 0.3 is 5.97 Å². The molecule has 2 heterocycles. The van der Waals surface area contributed by atoms with Crippen LogP contribution >= 0.6 is 0 Å². The predicted octanol–water partition coefficient (Wildman–Crippen LogP) is 0.656. The van der Waals surface area contributed by atoms with Crippen LogP contribution in [0, 0.1) is 18.3 Å². The van der Waals surface area contributed by atoms with Gasteiger partial charge in [-0.05, 0) is 31.2 Å². The normalized spacial score (nSPS) is 27.9. The van der Waals surface area contributed by atoms with E-state index in [1.165, 1.54) is 0 Å². The lowest BCUT2D eigenvalue weighted by Gasteiger charge is -2.43. The van der Waals surface area contributed by atoms with E-state index in [9.17, 15) is 19.8 Å². The van der Waals surface area contributed by atoms with Gasteiger partial charge in [-0.2, -0.15) is 5.10 Å². The quantitative estimate of drug-likeness (QED) is 0.830. The summed E-state index contributed by atoms with van der Waals surface area (Å²) >= 11 is 0. The highest BCUT2D eigenvalue weighted by molar-refractivity contribution is 5.80. The van der Waals surface area contributed by atoms with Gasteiger partial charge in [-0.15, -0.1) is 0 Å². The topological polar surface area (TPSA) is 95.7 Å². The minimum atomic E-state index is -1.23. The Hall–Kier alpha value is -1.89. The predicted molar refractivity (Wildman–Crippen MR) is 81.6 cm³/mol. The Morgan fingerprint density at radius 3 is 2.70 bits per heavy atom. The maximum absolute atomic E-state index is 12.5. The number of amides is 1. The number of aromatic nitrogens is 2. The van der Waals surface area contributed by atoms with Crippen molar-refractivity contribution in [3.63, 3.8) is 0 Å². The van der Waals surface area contributed by atoms with Crippen molar-refractivity contribution in [3.8, 4) is 0 Å². The van der Waals surface area contributed by atoms with Crippen LogP contribution in [-0.4, -0.2) is 56.0 Å². The highest BCUT2D eigenvalue weighted by Crippen LogP contribution is 2.45. The molecule has 7 heteroatoms. The zero-order chi connectivity index (χ0) is 16.6. The lowest BCUT2D eigenvalue weighted by atomic mass is 9.73. The van der Waals surface area contributed by atoms with Gasteiger partial charge in [-0.3, -0.25) is 14.3 Å². The van der Waals surface area contributed by atoms with Crippen LogP contribution in [0.15, 0.2) is 12.4 Å². The molecule has 1 saturated carbocycles. The van der Waals surface area contributed by atoms with Crippen molar-refractivity contribution >= 4 is 11.9 Å². The van der Waals surface area contributed by atoms with Crippen LogP contribution in [-0.2, 0) is 16.1 Å². The van der Waals surface area contributed by atoms with E-state index in [-0.39, 0.29) is 19.0 Å². The molecule has 0 bridgehead atoms. The van der Waals surface area contributed by atoms with E-state index in [1.54, 1.807) is 22.0 Å². The number of aliphatic hydroxyl groups excluding tert-OH is 1. The molecule has 2 aliphatic rings. The Bertz CT molecular complexity index is 610. The maximum Gasteiger partial charge on any atom is 0.314 e.